The first-order valence-corrected chi connectivity index (χ1v) is 15.1. The quantitative estimate of drug-likeness (QED) is 0.135. The van der Waals surface area contributed by atoms with Crippen LogP contribution in [0.5, 0.6) is 0 Å². The first-order chi connectivity index (χ1) is 24.3. The van der Waals surface area contributed by atoms with Crippen LogP contribution in [-0.2, 0) is 19.0 Å². The van der Waals surface area contributed by atoms with Crippen LogP contribution in [0, 0.1) is 66.0 Å². The first kappa shape index (κ1) is 32.8. The maximum atomic E-state index is 14.6. The summed E-state index contributed by atoms with van der Waals surface area (Å²) in [4.78, 5) is 7.00. The second kappa shape index (κ2) is 11.7. The second-order valence-corrected chi connectivity index (χ2v) is 12.1. The highest BCUT2D eigenvalue weighted by molar-refractivity contribution is 5.94. The molecule has 51 heavy (non-hydrogen) atoms. The third-order valence-electron chi connectivity index (χ3n) is 9.38. The number of fused-ring (bicyclic) bond motifs is 6. The van der Waals surface area contributed by atoms with Crippen molar-refractivity contribution in [1.82, 2.24) is 0 Å². The van der Waals surface area contributed by atoms with Gasteiger partial charge in [-0.15, -0.1) is 0 Å². The van der Waals surface area contributed by atoms with Gasteiger partial charge < -0.3 is 0 Å². The van der Waals surface area contributed by atoms with E-state index in [4.69, 9.17) is 13.1 Å². The number of halogens is 7. The summed E-state index contributed by atoms with van der Waals surface area (Å²) in [7, 11) is 0. The molecule has 0 heterocycles. The number of nitriles is 2. The van der Waals surface area contributed by atoms with Crippen molar-refractivity contribution in [2.75, 3.05) is 0 Å². The van der Waals surface area contributed by atoms with E-state index in [1.165, 1.54) is 31.2 Å². The minimum absolute atomic E-state index is 0.108. The molecule has 0 saturated heterocycles. The van der Waals surface area contributed by atoms with Gasteiger partial charge in [-0.25, -0.2) is 37.8 Å². The van der Waals surface area contributed by atoms with Crippen LogP contribution in [0.2, 0.25) is 0 Å². The average Bonchev–Trinajstić information content (AvgIpc) is 3.65. The molecule has 0 unspecified atom stereocenters. The van der Waals surface area contributed by atoms with Crippen molar-refractivity contribution in [1.29, 1.82) is 10.5 Å². The topological polar surface area (TPSA) is 56.3 Å². The fourth-order valence-corrected chi connectivity index (χ4v) is 7.09. The lowest BCUT2D eigenvalue weighted by Crippen LogP contribution is -2.25. The van der Waals surface area contributed by atoms with Gasteiger partial charge in [-0.3, -0.25) is 0 Å². The molecule has 11 heteroatoms. The summed E-state index contributed by atoms with van der Waals surface area (Å²) in [6, 6.07) is 17.1. The van der Waals surface area contributed by atoms with Gasteiger partial charge in [0.15, 0.2) is 0 Å². The zero-order valence-corrected chi connectivity index (χ0v) is 26.1. The van der Waals surface area contributed by atoms with Gasteiger partial charge >= 0.3 is 6.18 Å². The van der Waals surface area contributed by atoms with Crippen molar-refractivity contribution in [2.45, 2.75) is 25.9 Å². The van der Waals surface area contributed by atoms with Gasteiger partial charge in [-0.2, -0.15) is 13.2 Å². The maximum absolute atomic E-state index is 14.6. The third kappa shape index (κ3) is 5.02. The van der Waals surface area contributed by atoms with Crippen LogP contribution in [-0.4, -0.2) is 0 Å². The molecule has 7 rings (SSSR count). The molecule has 246 valence electrons. The van der Waals surface area contributed by atoms with Gasteiger partial charge in [0.25, 0.3) is 11.4 Å². The van der Waals surface area contributed by atoms with Crippen LogP contribution < -0.4 is 10.4 Å². The molecule has 0 saturated carbocycles. The van der Waals surface area contributed by atoms with E-state index >= 15 is 0 Å². The van der Waals surface area contributed by atoms with E-state index < -0.39 is 35.0 Å². The van der Waals surface area contributed by atoms with E-state index in [9.17, 15) is 41.3 Å². The van der Waals surface area contributed by atoms with Crippen LogP contribution in [0.1, 0.15) is 33.4 Å². The van der Waals surface area contributed by atoms with Gasteiger partial charge in [0.1, 0.15) is 28.8 Å². The summed E-state index contributed by atoms with van der Waals surface area (Å²) in [5.74, 6) is -5.09. The Labute approximate surface area is 285 Å². The standard InChI is InChI=1S/C40H17F7N4/c1-18-29(41)12-23(13-30(18)42)19-4-6-21-10-27-35(25(21)8-19)37(33(16-48)50-2)28-11-22-7-5-20(9-26(22)36(28)38(27)34(17-49)51-3)24-14-31(43)39(32(44)15-24)40(45,46)47/h4-9,12-15H,10-11H2,1H3/b37-33-,38-34+. The van der Waals surface area contributed by atoms with E-state index in [1.54, 1.807) is 24.3 Å². The zero-order chi connectivity index (χ0) is 36.5. The largest absolute Gasteiger partial charge is 0.422 e. The van der Waals surface area contributed by atoms with Gasteiger partial charge in [0.2, 0.25) is 0 Å². The molecule has 0 spiro atoms. The maximum Gasteiger partial charge on any atom is 0.422 e. The molecule has 0 N–H and O–H groups in total. The Bertz CT molecular complexity index is 2660. The Morgan fingerprint density at radius 2 is 1.02 bits per heavy atom. The lowest BCUT2D eigenvalue weighted by molar-refractivity contribution is -0.142. The minimum Gasteiger partial charge on any atom is -0.226 e. The Morgan fingerprint density at radius 3 is 1.37 bits per heavy atom. The highest BCUT2D eigenvalue weighted by atomic mass is 19.4. The van der Waals surface area contributed by atoms with E-state index in [-0.39, 0.29) is 56.9 Å². The Morgan fingerprint density at radius 1 is 0.627 bits per heavy atom. The molecule has 0 aromatic heterocycles. The highest BCUT2D eigenvalue weighted by Gasteiger charge is 2.38. The zero-order valence-electron chi connectivity index (χ0n) is 26.1. The summed E-state index contributed by atoms with van der Waals surface area (Å²) >= 11 is 0. The van der Waals surface area contributed by atoms with Crippen molar-refractivity contribution in [3.63, 3.8) is 0 Å². The number of hydrogen-bond donors (Lipinski definition) is 0. The lowest BCUT2D eigenvalue weighted by Gasteiger charge is -2.14. The molecule has 5 aromatic rings. The normalized spacial score (nSPS) is 13.5. The number of hydrogen-bond acceptors (Lipinski definition) is 2. The molecule has 0 amide bonds. The Balaban J connectivity index is 1.55. The second-order valence-electron chi connectivity index (χ2n) is 12.1. The van der Waals surface area contributed by atoms with Crippen LogP contribution in [0.4, 0.5) is 30.7 Å². The van der Waals surface area contributed by atoms with Crippen molar-refractivity contribution < 1.29 is 30.7 Å². The molecule has 5 aromatic carbocycles. The molecule has 0 aliphatic heterocycles. The lowest BCUT2D eigenvalue weighted by atomic mass is 9.89. The van der Waals surface area contributed by atoms with Crippen LogP contribution in [0.3, 0.4) is 0 Å². The average molecular weight is 687 g/mol. The van der Waals surface area contributed by atoms with Gasteiger partial charge in [0, 0.05) is 16.0 Å². The van der Waals surface area contributed by atoms with Crippen molar-refractivity contribution >= 4 is 11.4 Å². The molecular formula is C40H17F7N4. The highest BCUT2D eigenvalue weighted by Crippen LogP contribution is 2.43. The summed E-state index contributed by atoms with van der Waals surface area (Å²) in [6.45, 7) is 17.1. The molecule has 0 fully saturated rings. The van der Waals surface area contributed by atoms with Crippen molar-refractivity contribution in [2.24, 2.45) is 0 Å². The fourth-order valence-electron chi connectivity index (χ4n) is 7.09. The van der Waals surface area contributed by atoms with E-state index in [2.05, 4.69) is 9.69 Å². The Kier molecular flexibility index (Phi) is 7.55. The molecular weight excluding hydrogens is 669 g/mol. The predicted octanol–water partition coefficient (Wildman–Crippen LogP) is 9.15. The number of benzene rings is 5. The van der Waals surface area contributed by atoms with E-state index in [0.29, 0.717) is 62.2 Å². The van der Waals surface area contributed by atoms with Crippen molar-refractivity contribution in [3.05, 3.63) is 151 Å². The summed E-state index contributed by atoms with van der Waals surface area (Å²) < 4.78 is 98.3. The van der Waals surface area contributed by atoms with Gasteiger partial charge in [-0.05, 0) is 123 Å². The monoisotopic (exact) mass is 686 g/mol. The molecule has 4 nitrogen and oxygen atoms in total. The summed E-state index contributed by atoms with van der Waals surface area (Å²) in [5.41, 5.74) is 1.74. The Hall–Kier alpha value is -6.69. The van der Waals surface area contributed by atoms with E-state index in [0.717, 1.165) is 0 Å². The summed E-state index contributed by atoms with van der Waals surface area (Å²) in [6.07, 6.45) is -5.00. The molecule has 0 radical (unpaired) electrons. The predicted molar refractivity (Wildman–Crippen MR) is 174 cm³/mol. The van der Waals surface area contributed by atoms with Gasteiger partial charge in [0.05, 0.1) is 25.3 Å². The van der Waals surface area contributed by atoms with Crippen LogP contribution >= 0.6 is 0 Å². The molecule has 2 aliphatic rings. The number of rotatable bonds is 2. The van der Waals surface area contributed by atoms with Crippen LogP contribution in [0.25, 0.3) is 65.6 Å². The molecule has 0 atom stereocenters. The SMILES string of the molecule is [C-]#[N+]/C(C#N)=c1/c2c(/c(=C(\C#N)[N+]#[C-])c3c1-c1cc(-c4cc(F)c(C)c(F)c4)ccc1C3)-c1cc(-c3cc(F)c(C(F)(F)F)c(F)c3)ccc1C2. The van der Waals surface area contributed by atoms with E-state index in [1.807, 2.05) is 12.1 Å². The number of alkyl halides is 3. The molecule has 0 bridgehead atoms. The minimum atomic E-state index is -5.26. The smallest absolute Gasteiger partial charge is 0.226 e. The third-order valence-corrected chi connectivity index (χ3v) is 9.38. The number of nitrogens with zero attached hydrogens (tertiary/aromatic N) is 4. The molecule has 2 aliphatic carbocycles. The van der Waals surface area contributed by atoms with Crippen LogP contribution in [0.15, 0.2) is 60.7 Å². The summed E-state index contributed by atoms with van der Waals surface area (Å²) in [5, 5.41) is 20.8. The van der Waals surface area contributed by atoms with Gasteiger partial charge in [-0.1, -0.05) is 24.3 Å². The fraction of sp³-hybridized carbons (Fsp3) is 0.100. The van der Waals surface area contributed by atoms with Crippen molar-refractivity contribution in [3.8, 4) is 56.6 Å². The first-order valence-electron chi connectivity index (χ1n) is 15.1.